The third kappa shape index (κ3) is 5.16. The molecule has 3 aromatic carbocycles. The number of ketones is 1. The van der Waals surface area contributed by atoms with Crippen LogP contribution < -0.4 is 0 Å². The van der Waals surface area contributed by atoms with E-state index in [9.17, 15) is 4.79 Å². The van der Waals surface area contributed by atoms with Crippen LogP contribution in [0, 0.1) is 11.9 Å². The van der Waals surface area contributed by atoms with Crippen molar-refractivity contribution in [2.45, 2.75) is 37.6 Å². The van der Waals surface area contributed by atoms with E-state index in [0.29, 0.717) is 11.3 Å². The summed E-state index contributed by atoms with van der Waals surface area (Å²) in [6.07, 6.45) is 13.4. The van der Waals surface area contributed by atoms with Crippen molar-refractivity contribution < 1.29 is 9.18 Å². The van der Waals surface area contributed by atoms with Gasteiger partial charge in [0.1, 0.15) is 5.54 Å². The predicted molar refractivity (Wildman–Crippen MR) is 161 cm³/mol. The standard InChI is InChI=1S/C36H32FN3O/c37-35-32(21-22-34(41)27-13-5-1-6-14-27)31(23-24-38-35)33-25-40(26-39-33)36(28-15-7-2-8-16-28,29-17-9-3-10-18-29)30-19-11-4-12-20-30/h2-4,7-12,15-27H,1,5-6,13-14H2/b22-21+. The van der Waals surface area contributed by atoms with Gasteiger partial charge in [-0.2, -0.15) is 4.39 Å². The lowest BCUT2D eigenvalue weighted by atomic mass is 9.77. The summed E-state index contributed by atoms with van der Waals surface area (Å²) >= 11 is 0. The van der Waals surface area contributed by atoms with Crippen molar-refractivity contribution in [3.63, 3.8) is 0 Å². The van der Waals surface area contributed by atoms with Crippen molar-refractivity contribution in [1.29, 1.82) is 0 Å². The molecule has 0 amide bonds. The molecule has 2 aromatic heterocycles. The van der Waals surface area contributed by atoms with Crippen molar-refractivity contribution in [3.8, 4) is 11.3 Å². The number of nitrogens with zero attached hydrogens (tertiary/aromatic N) is 3. The summed E-state index contributed by atoms with van der Waals surface area (Å²) in [6.45, 7) is 0. The van der Waals surface area contributed by atoms with Gasteiger partial charge in [-0.05, 0) is 47.8 Å². The number of benzene rings is 3. The second-order valence-electron chi connectivity index (χ2n) is 10.6. The Balaban J connectivity index is 1.48. The van der Waals surface area contributed by atoms with Crippen LogP contribution in [0.5, 0.6) is 0 Å². The third-order valence-corrected chi connectivity index (χ3v) is 8.18. The van der Waals surface area contributed by atoms with Crippen LogP contribution in [0.4, 0.5) is 4.39 Å². The summed E-state index contributed by atoms with van der Waals surface area (Å²) in [5.74, 6) is -0.545. The highest BCUT2D eigenvalue weighted by Crippen LogP contribution is 2.41. The average Bonchev–Trinajstić information content (AvgIpc) is 3.53. The number of carbonyl (C=O) groups excluding carboxylic acids is 1. The topological polar surface area (TPSA) is 47.8 Å². The Hall–Kier alpha value is -4.64. The van der Waals surface area contributed by atoms with Gasteiger partial charge in [0.2, 0.25) is 5.95 Å². The minimum atomic E-state index is -0.729. The van der Waals surface area contributed by atoms with Gasteiger partial charge in [0.15, 0.2) is 5.78 Å². The molecule has 0 radical (unpaired) electrons. The molecule has 41 heavy (non-hydrogen) atoms. The largest absolute Gasteiger partial charge is 0.318 e. The Bertz CT molecular complexity index is 1540. The van der Waals surface area contributed by atoms with E-state index in [1.165, 1.54) is 18.7 Å². The monoisotopic (exact) mass is 541 g/mol. The predicted octanol–water partition coefficient (Wildman–Crippen LogP) is 8.09. The Morgan fingerprint density at radius 1 is 0.780 bits per heavy atom. The van der Waals surface area contributed by atoms with E-state index in [-0.39, 0.29) is 17.3 Å². The van der Waals surface area contributed by atoms with E-state index in [1.54, 1.807) is 18.5 Å². The number of rotatable bonds is 8. The zero-order valence-corrected chi connectivity index (χ0v) is 22.9. The van der Waals surface area contributed by atoms with Crippen LogP contribution in [-0.2, 0) is 10.3 Å². The van der Waals surface area contributed by atoms with Crippen LogP contribution in [0.25, 0.3) is 17.3 Å². The lowest BCUT2D eigenvalue weighted by molar-refractivity contribution is -0.119. The van der Waals surface area contributed by atoms with Crippen LogP contribution in [0.1, 0.15) is 54.4 Å². The zero-order chi connectivity index (χ0) is 28.1. The SMILES string of the molecule is O=C(/C=C/c1c(-c2cn(C(c3ccccc3)(c3ccccc3)c3ccccc3)cn2)ccnc1F)C1CCCCC1. The second kappa shape index (κ2) is 11.8. The van der Waals surface area contributed by atoms with Crippen LogP contribution in [0.15, 0.2) is 122 Å². The van der Waals surface area contributed by atoms with Crippen LogP contribution in [-0.4, -0.2) is 20.3 Å². The van der Waals surface area contributed by atoms with Crippen LogP contribution in [0.3, 0.4) is 0 Å². The van der Waals surface area contributed by atoms with Crippen LogP contribution >= 0.6 is 0 Å². The molecule has 1 aliphatic rings. The quantitative estimate of drug-likeness (QED) is 0.113. The van der Waals surface area contributed by atoms with E-state index in [0.717, 1.165) is 42.4 Å². The number of pyridine rings is 1. The first-order valence-corrected chi connectivity index (χ1v) is 14.3. The maximum atomic E-state index is 15.2. The average molecular weight is 542 g/mol. The molecular weight excluding hydrogens is 509 g/mol. The Morgan fingerprint density at radius 3 is 1.90 bits per heavy atom. The maximum Gasteiger partial charge on any atom is 0.220 e. The van der Waals surface area contributed by atoms with Crippen molar-refractivity contribution in [1.82, 2.24) is 14.5 Å². The van der Waals surface area contributed by atoms with Gasteiger partial charge >= 0.3 is 0 Å². The molecule has 4 nitrogen and oxygen atoms in total. The molecule has 5 heteroatoms. The first kappa shape index (κ1) is 26.6. The molecule has 0 spiro atoms. The molecule has 0 bridgehead atoms. The Kier molecular flexibility index (Phi) is 7.68. The van der Waals surface area contributed by atoms with Gasteiger partial charge in [-0.25, -0.2) is 9.97 Å². The molecule has 2 heterocycles. The summed E-state index contributed by atoms with van der Waals surface area (Å²) in [5, 5.41) is 0. The van der Waals surface area contributed by atoms with Gasteiger partial charge in [-0.1, -0.05) is 110 Å². The molecule has 5 aromatic rings. The summed E-state index contributed by atoms with van der Waals surface area (Å²) in [7, 11) is 0. The number of halogens is 1. The molecule has 0 unspecified atom stereocenters. The number of aromatic nitrogens is 3. The highest BCUT2D eigenvalue weighted by molar-refractivity contribution is 5.96. The zero-order valence-electron chi connectivity index (χ0n) is 22.9. The number of allylic oxidation sites excluding steroid dienone is 1. The van der Waals surface area contributed by atoms with Gasteiger partial charge in [0, 0.05) is 29.4 Å². The molecule has 0 saturated heterocycles. The fourth-order valence-electron chi connectivity index (χ4n) is 6.15. The lowest BCUT2D eigenvalue weighted by Gasteiger charge is -2.37. The summed E-state index contributed by atoms with van der Waals surface area (Å²) in [4.78, 5) is 21.6. The summed E-state index contributed by atoms with van der Waals surface area (Å²) in [5.41, 5.74) is 3.94. The first-order valence-electron chi connectivity index (χ1n) is 14.3. The van der Waals surface area contributed by atoms with E-state index in [1.807, 2.05) is 60.8 Å². The first-order chi connectivity index (χ1) is 20.2. The minimum Gasteiger partial charge on any atom is -0.318 e. The number of hydrogen-bond acceptors (Lipinski definition) is 3. The molecule has 1 saturated carbocycles. The smallest absolute Gasteiger partial charge is 0.220 e. The molecule has 1 aliphatic carbocycles. The van der Waals surface area contributed by atoms with Gasteiger partial charge < -0.3 is 4.57 Å². The molecule has 6 rings (SSSR count). The molecule has 0 atom stereocenters. The van der Waals surface area contributed by atoms with E-state index < -0.39 is 11.5 Å². The number of hydrogen-bond donors (Lipinski definition) is 0. The van der Waals surface area contributed by atoms with Crippen molar-refractivity contribution in [2.24, 2.45) is 5.92 Å². The van der Waals surface area contributed by atoms with Gasteiger partial charge in [0.25, 0.3) is 0 Å². The maximum absolute atomic E-state index is 15.2. The lowest BCUT2D eigenvalue weighted by Crippen LogP contribution is -2.36. The van der Waals surface area contributed by atoms with Gasteiger partial charge in [-0.15, -0.1) is 0 Å². The second-order valence-corrected chi connectivity index (χ2v) is 10.6. The molecule has 0 N–H and O–H groups in total. The highest BCUT2D eigenvalue weighted by Gasteiger charge is 2.38. The normalized spacial score (nSPS) is 14.4. The van der Waals surface area contributed by atoms with E-state index in [2.05, 4.69) is 45.9 Å². The Morgan fingerprint density at radius 2 is 1.34 bits per heavy atom. The Labute approximate surface area is 240 Å². The molecule has 1 fully saturated rings. The number of carbonyl (C=O) groups is 1. The van der Waals surface area contributed by atoms with Gasteiger partial charge in [0.05, 0.1) is 12.0 Å². The van der Waals surface area contributed by atoms with Crippen LogP contribution in [0.2, 0.25) is 0 Å². The highest BCUT2D eigenvalue weighted by atomic mass is 19.1. The van der Waals surface area contributed by atoms with Crippen molar-refractivity contribution in [2.75, 3.05) is 0 Å². The fourth-order valence-corrected chi connectivity index (χ4v) is 6.15. The number of imidazole rings is 1. The molecular formula is C36H32FN3O. The summed E-state index contributed by atoms with van der Waals surface area (Å²) < 4.78 is 17.3. The fraction of sp³-hybridized carbons (Fsp3) is 0.194. The molecule has 204 valence electrons. The third-order valence-electron chi connectivity index (χ3n) is 8.18. The minimum absolute atomic E-state index is 0.0191. The van der Waals surface area contributed by atoms with Crippen molar-refractivity contribution >= 4 is 11.9 Å². The van der Waals surface area contributed by atoms with E-state index >= 15 is 4.39 Å². The van der Waals surface area contributed by atoms with Gasteiger partial charge in [-0.3, -0.25) is 4.79 Å². The molecule has 0 aliphatic heterocycles. The summed E-state index contributed by atoms with van der Waals surface area (Å²) in [6, 6.07) is 32.8. The van der Waals surface area contributed by atoms with Crippen molar-refractivity contribution in [3.05, 3.63) is 150 Å². The van der Waals surface area contributed by atoms with E-state index in [4.69, 9.17) is 4.98 Å².